The van der Waals surface area contributed by atoms with Gasteiger partial charge in [0.1, 0.15) is 5.25 Å². The van der Waals surface area contributed by atoms with Gasteiger partial charge in [0, 0.05) is 9.37 Å². The van der Waals surface area contributed by atoms with Gasteiger partial charge in [0.2, 0.25) is 0 Å². The first-order valence-corrected chi connectivity index (χ1v) is 7.43. The van der Waals surface area contributed by atoms with Crippen molar-refractivity contribution in [2.24, 2.45) is 0 Å². The normalized spacial score (nSPS) is 12.2. The Balaban J connectivity index is 2.65. The Morgan fingerprint density at radius 1 is 1.35 bits per heavy atom. The third kappa shape index (κ3) is 5.13. The number of hydrogen-bond donors (Lipinski definition) is 0. The van der Waals surface area contributed by atoms with E-state index >= 15 is 0 Å². The summed E-state index contributed by atoms with van der Waals surface area (Å²) in [4.78, 5) is 12.8. The largest absolute Gasteiger partial charge is 0.465 e. The molecule has 1 atom stereocenters. The van der Waals surface area contributed by atoms with Crippen molar-refractivity contribution in [3.05, 3.63) is 28.7 Å². The molecule has 2 nitrogen and oxygen atoms in total. The molecule has 0 bridgehead atoms. The van der Waals surface area contributed by atoms with Crippen molar-refractivity contribution in [2.75, 3.05) is 6.61 Å². The highest BCUT2D eigenvalue weighted by Crippen LogP contribution is 2.28. The van der Waals surface area contributed by atoms with E-state index in [2.05, 4.69) is 22.9 Å². The summed E-state index contributed by atoms with van der Waals surface area (Å²) in [6, 6.07) is 7.99. The van der Waals surface area contributed by atoms with Crippen LogP contribution in [0.3, 0.4) is 0 Å². The van der Waals surface area contributed by atoms with Gasteiger partial charge < -0.3 is 4.74 Å². The van der Waals surface area contributed by atoms with Crippen LogP contribution in [-0.4, -0.2) is 17.8 Å². The molecule has 0 aliphatic heterocycles. The second-order valence-electron chi connectivity index (χ2n) is 3.60. The van der Waals surface area contributed by atoms with Crippen LogP contribution in [0, 0.1) is 0 Å². The molecule has 1 rings (SSSR count). The van der Waals surface area contributed by atoms with E-state index in [0.29, 0.717) is 6.61 Å². The van der Waals surface area contributed by atoms with Gasteiger partial charge in [0.15, 0.2) is 0 Å². The molecule has 0 saturated carbocycles. The molecule has 0 aliphatic rings. The van der Waals surface area contributed by atoms with Gasteiger partial charge in [-0.15, -0.1) is 11.8 Å². The van der Waals surface area contributed by atoms with Crippen LogP contribution in [0.25, 0.3) is 0 Å². The Kier molecular flexibility index (Phi) is 6.66. The summed E-state index contributed by atoms with van der Waals surface area (Å²) < 4.78 is 6.13. The maximum atomic E-state index is 11.8. The molecule has 0 aliphatic carbocycles. The van der Waals surface area contributed by atoms with Crippen molar-refractivity contribution in [1.82, 2.24) is 0 Å². The van der Waals surface area contributed by atoms with E-state index in [1.165, 1.54) is 0 Å². The summed E-state index contributed by atoms with van der Waals surface area (Å²) in [7, 11) is 0. The van der Waals surface area contributed by atoms with Gasteiger partial charge >= 0.3 is 5.97 Å². The number of thioether (sulfide) groups is 1. The minimum Gasteiger partial charge on any atom is -0.465 e. The minimum atomic E-state index is -0.109. The standard InChI is InChI=1S/C13H17BrO2S/c1-3-5-12(13(15)16-4-2)17-11-8-6-10(14)7-9-11/h6-9,12H,3-5H2,1-2H3. The maximum Gasteiger partial charge on any atom is 0.319 e. The van der Waals surface area contributed by atoms with E-state index in [1.54, 1.807) is 11.8 Å². The van der Waals surface area contributed by atoms with Gasteiger partial charge in [-0.25, -0.2) is 0 Å². The summed E-state index contributed by atoms with van der Waals surface area (Å²) in [6.45, 7) is 4.36. The van der Waals surface area contributed by atoms with Crippen LogP contribution in [0.5, 0.6) is 0 Å². The average Bonchev–Trinajstić information content (AvgIpc) is 2.31. The molecular formula is C13H17BrO2S. The highest BCUT2D eigenvalue weighted by atomic mass is 79.9. The number of ether oxygens (including phenoxy) is 1. The van der Waals surface area contributed by atoms with E-state index in [4.69, 9.17) is 4.74 Å². The lowest BCUT2D eigenvalue weighted by Gasteiger charge is -2.14. The van der Waals surface area contributed by atoms with E-state index in [0.717, 1.165) is 22.2 Å². The summed E-state index contributed by atoms with van der Waals surface area (Å²) in [5.74, 6) is -0.109. The lowest BCUT2D eigenvalue weighted by molar-refractivity contribution is -0.142. The molecular weight excluding hydrogens is 300 g/mol. The van der Waals surface area contributed by atoms with Crippen molar-refractivity contribution in [2.45, 2.75) is 36.8 Å². The van der Waals surface area contributed by atoms with Crippen molar-refractivity contribution in [3.8, 4) is 0 Å². The maximum absolute atomic E-state index is 11.8. The van der Waals surface area contributed by atoms with Crippen LogP contribution < -0.4 is 0 Å². The predicted molar refractivity (Wildman–Crippen MR) is 75.3 cm³/mol. The molecule has 0 radical (unpaired) electrons. The van der Waals surface area contributed by atoms with Gasteiger partial charge in [0.25, 0.3) is 0 Å². The van der Waals surface area contributed by atoms with Crippen molar-refractivity contribution in [1.29, 1.82) is 0 Å². The highest BCUT2D eigenvalue weighted by Gasteiger charge is 2.19. The molecule has 0 saturated heterocycles. The molecule has 0 N–H and O–H groups in total. The van der Waals surface area contributed by atoms with Gasteiger partial charge in [-0.2, -0.15) is 0 Å². The first kappa shape index (κ1) is 14.6. The lowest BCUT2D eigenvalue weighted by atomic mass is 10.2. The number of esters is 1. The molecule has 0 aromatic heterocycles. The van der Waals surface area contributed by atoms with Crippen LogP contribution in [-0.2, 0) is 9.53 Å². The number of benzene rings is 1. The Bertz CT molecular complexity index is 351. The zero-order valence-corrected chi connectivity index (χ0v) is 12.5. The van der Waals surface area contributed by atoms with Gasteiger partial charge in [0.05, 0.1) is 6.61 Å². The molecule has 1 aromatic carbocycles. The number of rotatable bonds is 6. The SMILES string of the molecule is CCCC(Sc1ccc(Br)cc1)C(=O)OCC. The van der Waals surface area contributed by atoms with Crippen LogP contribution in [0.4, 0.5) is 0 Å². The third-order valence-electron chi connectivity index (χ3n) is 2.19. The second kappa shape index (κ2) is 7.77. The first-order valence-electron chi connectivity index (χ1n) is 5.76. The number of hydrogen-bond acceptors (Lipinski definition) is 3. The van der Waals surface area contributed by atoms with E-state index in [-0.39, 0.29) is 11.2 Å². The molecule has 0 heterocycles. The fraction of sp³-hybridized carbons (Fsp3) is 0.462. The molecule has 94 valence electrons. The zero-order valence-electron chi connectivity index (χ0n) is 10.1. The van der Waals surface area contributed by atoms with Crippen LogP contribution in [0.1, 0.15) is 26.7 Å². The van der Waals surface area contributed by atoms with Crippen LogP contribution >= 0.6 is 27.7 Å². The summed E-state index contributed by atoms with van der Waals surface area (Å²) in [6.07, 6.45) is 1.83. The zero-order chi connectivity index (χ0) is 12.7. The van der Waals surface area contributed by atoms with Crippen molar-refractivity contribution in [3.63, 3.8) is 0 Å². The summed E-state index contributed by atoms with van der Waals surface area (Å²) in [5.41, 5.74) is 0. The molecule has 0 amide bonds. The van der Waals surface area contributed by atoms with E-state index < -0.39 is 0 Å². The van der Waals surface area contributed by atoms with Gasteiger partial charge in [-0.1, -0.05) is 29.3 Å². The Morgan fingerprint density at radius 3 is 2.53 bits per heavy atom. The Morgan fingerprint density at radius 2 is 2.00 bits per heavy atom. The summed E-state index contributed by atoms with van der Waals surface area (Å²) >= 11 is 4.97. The Labute approximate surface area is 115 Å². The molecule has 1 unspecified atom stereocenters. The fourth-order valence-electron chi connectivity index (χ4n) is 1.40. The van der Waals surface area contributed by atoms with E-state index in [9.17, 15) is 4.79 Å². The van der Waals surface area contributed by atoms with Crippen molar-refractivity contribution >= 4 is 33.7 Å². The number of carbonyl (C=O) groups excluding carboxylic acids is 1. The molecule has 1 aromatic rings. The minimum absolute atomic E-state index is 0.0962. The van der Waals surface area contributed by atoms with Crippen molar-refractivity contribution < 1.29 is 9.53 Å². The third-order valence-corrected chi connectivity index (χ3v) is 3.98. The number of carbonyl (C=O) groups is 1. The second-order valence-corrected chi connectivity index (χ2v) is 5.79. The topological polar surface area (TPSA) is 26.3 Å². The number of halogens is 1. The monoisotopic (exact) mass is 316 g/mol. The van der Waals surface area contributed by atoms with Crippen LogP contribution in [0.2, 0.25) is 0 Å². The first-order chi connectivity index (χ1) is 8.17. The molecule has 0 fully saturated rings. The molecule has 17 heavy (non-hydrogen) atoms. The highest BCUT2D eigenvalue weighted by molar-refractivity contribution is 9.10. The predicted octanol–water partition coefficient (Wildman–Crippen LogP) is 4.27. The smallest absolute Gasteiger partial charge is 0.319 e. The summed E-state index contributed by atoms with van der Waals surface area (Å²) in [5, 5.41) is -0.0962. The van der Waals surface area contributed by atoms with Gasteiger partial charge in [-0.3, -0.25) is 4.79 Å². The average molecular weight is 317 g/mol. The van der Waals surface area contributed by atoms with Crippen LogP contribution in [0.15, 0.2) is 33.6 Å². The fourth-order valence-corrected chi connectivity index (χ4v) is 2.80. The molecule has 0 spiro atoms. The Hall–Kier alpha value is -0.480. The quantitative estimate of drug-likeness (QED) is 0.579. The lowest BCUT2D eigenvalue weighted by Crippen LogP contribution is -2.20. The van der Waals surface area contributed by atoms with E-state index in [1.807, 2.05) is 31.2 Å². The van der Waals surface area contributed by atoms with Gasteiger partial charge in [-0.05, 0) is 37.6 Å². The molecule has 4 heteroatoms.